The minimum Gasteiger partial charge on any atom is -0.478 e. The Morgan fingerprint density at radius 1 is 0.720 bits per heavy atom. The molecule has 4 amide bonds. The van der Waals surface area contributed by atoms with Crippen LogP contribution in [0.5, 0.6) is 0 Å². The highest BCUT2D eigenvalue weighted by molar-refractivity contribution is 7.84. The predicted octanol–water partition coefficient (Wildman–Crippen LogP) is -3.33. The van der Waals surface area contributed by atoms with Crippen molar-refractivity contribution in [2.24, 2.45) is 44.3 Å². The highest BCUT2D eigenvalue weighted by atomic mass is 32.2. The number of oxime groups is 2. The number of thiazole rings is 2. The van der Waals surface area contributed by atoms with Crippen LogP contribution in [-0.2, 0) is 68.5 Å². The third-order valence-corrected chi connectivity index (χ3v) is 14.4. The Kier molecular flexibility index (Phi) is 17.6. The third-order valence-electron chi connectivity index (χ3n) is 11.2. The van der Waals surface area contributed by atoms with Gasteiger partial charge in [-0.25, -0.2) is 42.7 Å². The number of amides is 4. The highest BCUT2D eigenvalue weighted by Crippen LogP contribution is 2.36. The standard InChI is InChI=1S/C19H26N8O10S2.C18H24N6O10S2/c1-19(2,15(30)31)37-25-13(10-7-38-17(22)24-10)12(28)3-9-11(27(14(9)29)39(33,34)35)6-26-5-8(36-18(26)32)4-23-16(20)21;1-18(2,15(27)28)34-22-13(10-7-35-16(20)21-10)12(25)3-9-11(24(14(9)26)36(30,31)32)6-23-5-8(4-19)33-17(23)29/h7-9,11H,3-6H2,1-2H3,(H2,22,24)(H,30,31)(H4,20,21,23)(H,33,34,35);7-9,11H,3-6,19H2,1-2H3,(H2,20,21)(H,27,28)(H,30,31,32)/b25-13-;22-13-/t2*8-,9+,11-/m11/s1. The number of carbonyl (C=O) groups excluding carboxylic acids is 6. The van der Waals surface area contributed by atoms with Crippen LogP contribution in [-0.4, -0.2) is 204 Å². The van der Waals surface area contributed by atoms with Gasteiger partial charge < -0.3 is 67.8 Å². The van der Waals surface area contributed by atoms with Gasteiger partial charge in [-0.05, 0) is 27.7 Å². The van der Waals surface area contributed by atoms with Gasteiger partial charge in [0, 0.05) is 43.2 Å². The van der Waals surface area contributed by atoms with Crippen LogP contribution in [0.2, 0.25) is 0 Å². The molecule has 0 aliphatic carbocycles. The first-order chi connectivity index (χ1) is 34.7. The Morgan fingerprint density at radius 2 is 1.09 bits per heavy atom. The van der Waals surface area contributed by atoms with Crippen molar-refractivity contribution in [2.45, 2.75) is 76.0 Å². The second kappa shape index (κ2) is 22.6. The van der Waals surface area contributed by atoms with E-state index in [1.165, 1.54) is 38.5 Å². The Bertz CT molecular complexity index is 2940. The highest BCUT2D eigenvalue weighted by Gasteiger charge is 2.57. The molecular weight excluding hydrogens is 1090 g/mol. The van der Waals surface area contributed by atoms with Crippen molar-refractivity contribution >= 4 is 118 Å². The van der Waals surface area contributed by atoms with E-state index in [1.54, 1.807) is 0 Å². The number of nitrogens with two attached hydrogens (primary N) is 5. The van der Waals surface area contributed by atoms with Gasteiger partial charge in [-0.3, -0.25) is 28.3 Å². The van der Waals surface area contributed by atoms with Crippen molar-refractivity contribution in [3.8, 4) is 0 Å². The number of rotatable bonds is 23. The number of ketones is 2. The molecule has 0 radical (unpaired) electrons. The van der Waals surface area contributed by atoms with E-state index in [2.05, 4.69) is 25.3 Å². The number of cyclic esters (lactones) is 2. The van der Waals surface area contributed by atoms with Crippen LogP contribution >= 0.6 is 22.7 Å². The van der Waals surface area contributed by atoms with Gasteiger partial charge in [0.25, 0.3) is 0 Å². The largest absolute Gasteiger partial charge is 0.478 e. The number of β-lactam (4-membered cyclic amide) rings is 2. The van der Waals surface area contributed by atoms with E-state index < -0.39 is 146 Å². The van der Waals surface area contributed by atoms with Gasteiger partial charge in [-0.1, -0.05) is 10.3 Å². The number of hydrogen-bond acceptors (Lipinski definition) is 26. The zero-order valence-corrected chi connectivity index (χ0v) is 42.9. The van der Waals surface area contributed by atoms with E-state index in [0.717, 1.165) is 32.5 Å². The number of carboxylic acid groups (broad SMARTS) is 2. The van der Waals surface area contributed by atoms with Crippen molar-refractivity contribution in [1.29, 1.82) is 0 Å². The molecular formula is C37H50N14O20S4. The minimum atomic E-state index is -5.04. The van der Waals surface area contributed by atoms with Crippen LogP contribution in [0.3, 0.4) is 0 Å². The lowest BCUT2D eigenvalue weighted by molar-refractivity contribution is -0.161. The molecule has 0 bridgehead atoms. The van der Waals surface area contributed by atoms with E-state index in [4.69, 9.17) is 47.8 Å². The molecule has 2 aromatic heterocycles. The molecule has 2 aromatic rings. The lowest BCUT2D eigenvalue weighted by atomic mass is 9.84. The fraction of sp³-hybridized carbons (Fsp3) is 0.541. The van der Waals surface area contributed by atoms with E-state index in [9.17, 15) is 74.5 Å². The molecule has 75 heavy (non-hydrogen) atoms. The van der Waals surface area contributed by atoms with Crippen LogP contribution in [0.1, 0.15) is 51.9 Å². The summed E-state index contributed by atoms with van der Waals surface area (Å²) >= 11 is 1.92. The molecule has 4 fully saturated rings. The Hall–Kier alpha value is -7.39. The smallest absolute Gasteiger partial charge is 0.410 e. The molecule has 0 spiro atoms. The molecule has 34 nitrogen and oxygen atoms in total. The second-order valence-electron chi connectivity index (χ2n) is 17.5. The maximum atomic E-state index is 13.2. The normalized spacial score (nSPS) is 22.3. The number of carboxylic acids is 2. The Labute approximate surface area is 432 Å². The number of carbonyl (C=O) groups is 8. The van der Waals surface area contributed by atoms with E-state index in [0.29, 0.717) is 0 Å². The zero-order chi connectivity index (χ0) is 56.3. The van der Waals surface area contributed by atoms with Crippen LogP contribution in [0, 0.1) is 11.8 Å². The summed E-state index contributed by atoms with van der Waals surface area (Å²) in [5, 5.41) is 28.6. The van der Waals surface area contributed by atoms with Crippen LogP contribution in [0.15, 0.2) is 26.1 Å². The monoisotopic (exact) mass is 1140 g/mol. The number of ether oxygens (including phenoxy) is 2. The predicted molar refractivity (Wildman–Crippen MR) is 256 cm³/mol. The van der Waals surface area contributed by atoms with Crippen molar-refractivity contribution < 1.29 is 93.7 Å². The summed E-state index contributed by atoms with van der Waals surface area (Å²) in [6.07, 6.45) is -4.33. The molecule has 6 atom stereocenters. The van der Waals surface area contributed by atoms with Crippen molar-refractivity contribution in [3.05, 3.63) is 22.1 Å². The summed E-state index contributed by atoms with van der Waals surface area (Å²) in [6.45, 7) is 3.86. The third kappa shape index (κ3) is 13.9. The summed E-state index contributed by atoms with van der Waals surface area (Å²) < 4.78 is 76.8. The number of aliphatic carboxylic acids is 2. The molecule has 4 saturated heterocycles. The van der Waals surface area contributed by atoms with Gasteiger partial charge in [-0.2, -0.15) is 16.8 Å². The quantitative estimate of drug-likeness (QED) is 0.0173. The van der Waals surface area contributed by atoms with Gasteiger partial charge in [0.05, 0.1) is 43.6 Å². The van der Waals surface area contributed by atoms with Gasteiger partial charge in [-0.15, -0.1) is 22.7 Å². The molecule has 4 aliphatic rings. The summed E-state index contributed by atoms with van der Waals surface area (Å²) in [5.74, 6) is -9.49. The molecule has 14 N–H and O–H groups in total. The van der Waals surface area contributed by atoms with Crippen LogP contribution in [0.4, 0.5) is 19.9 Å². The number of nitrogen functional groups attached to an aromatic ring is 2. The number of aliphatic imine (C=N–C) groups is 1. The lowest BCUT2D eigenvalue weighted by Gasteiger charge is -2.45. The number of hydrogen-bond donors (Lipinski definition) is 9. The average Bonchev–Trinajstić information content (AvgIpc) is 4.10. The molecule has 0 saturated carbocycles. The molecule has 412 valence electrons. The average molecular weight is 1140 g/mol. The number of aromatic nitrogens is 2. The van der Waals surface area contributed by atoms with Crippen molar-refractivity contribution in [2.75, 3.05) is 50.7 Å². The van der Waals surface area contributed by atoms with Crippen LogP contribution in [0.25, 0.3) is 0 Å². The number of anilines is 2. The van der Waals surface area contributed by atoms with E-state index >= 15 is 0 Å². The SMILES string of the molecule is CC(C)(O/N=C(\C(=O)C[C@@H]1C(=O)N(S(=O)(=O)O)[C@@H]1CN1C[C@@H](CN)OC1=O)c1csc(N)n1)C(=O)O.CC(C)(O/N=C(\C(=O)C[C@@H]1C(=O)N(S(=O)(=O)O)[C@@H]1CN1C[C@@H](CN=C(N)N)OC1=O)c1csc(N)n1)C(=O)O. The maximum Gasteiger partial charge on any atom is 0.410 e. The first-order valence-corrected chi connectivity index (χ1v) is 26.0. The Morgan fingerprint density at radius 3 is 1.40 bits per heavy atom. The summed E-state index contributed by atoms with van der Waals surface area (Å²) in [7, 11) is -10.0. The first-order valence-electron chi connectivity index (χ1n) is 21.4. The molecule has 38 heteroatoms. The first kappa shape index (κ1) is 58.5. The van der Waals surface area contributed by atoms with Gasteiger partial charge in [0.2, 0.25) is 23.0 Å². The van der Waals surface area contributed by atoms with E-state index in [1.807, 2.05) is 0 Å². The second-order valence-corrected chi connectivity index (χ2v) is 21.8. The molecule has 6 heterocycles. The summed E-state index contributed by atoms with van der Waals surface area (Å²) in [4.78, 5) is 123. The van der Waals surface area contributed by atoms with Gasteiger partial charge in [0.15, 0.2) is 39.2 Å². The van der Waals surface area contributed by atoms with Crippen molar-refractivity contribution in [3.63, 3.8) is 0 Å². The molecule has 0 unspecified atom stereocenters. The summed E-state index contributed by atoms with van der Waals surface area (Å²) in [5.41, 5.74) is 22.6. The minimum absolute atomic E-state index is 0.0129. The number of Topliss-reactive ketones (excluding diaryl/α,β-unsaturated/α-hetero) is 2. The molecule has 4 aliphatic heterocycles. The fourth-order valence-corrected chi connectivity index (χ4v) is 10.1. The van der Waals surface area contributed by atoms with Gasteiger partial charge in [0.1, 0.15) is 23.6 Å². The maximum absolute atomic E-state index is 13.2. The van der Waals surface area contributed by atoms with Gasteiger partial charge >= 0.3 is 44.7 Å². The van der Waals surface area contributed by atoms with Crippen molar-refractivity contribution in [1.82, 2.24) is 28.4 Å². The lowest BCUT2D eigenvalue weighted by Crippen LogP contribution is -2.66. The topological polar surface area (TPSA) is 529 Å². The summed E-state index contributed by atoms with van der Waals surface area (Å²) in [6, 6.07) is -2.64. The van der Waals surface area contributed by atoms with E-state index in [-0.39, 0.29) is 68.9 Å². The number of guanidine groups is 1. The van der Waals surface area contributed by atoms with Crippen LogP contribution < -0.4 is 28.7 Å². The molecule has 6 rings (SSSR count). The zero-order valence-electron chi connectivity index (χ0n) is 39.6. The molecule has 0 aromatic carbocycles. The number of nitrogens with zero attached hydrogens (tertiary/aromatic N) is 9. The fourth-order valence-electron chi connectivity index (χ4n) is 7.15. The Balaban J connectivity index is 0.000000278.